The second kappa shape index (κ2) is 7.75. The van der Waals surface area contributed by atoms with Gasteiger partial charge in [0.25, 0.3) is 5.91 Å². The van der Waals surface area contributed by atoms with E-state index in [4.69, 9.17) is 4.98 Å². The van der Waals surface area contributed by atoms with Crippen molar-refractivity contribution in [3.05, 3.63) is 35.5 Å². The maximum Gasteiger partial charge on any atom is 0.279 e. The minimum Gasteiger partial charge on any atom is -0.336 e. The van der Waals surface area contributed by atoms with Crippen LogP contribution in [0.2, 0.25) is 0 Å². The van der Waals surface area contributed by atoms with Crippen molar-refractivity contribution in [2.24, 2.45) is 0 Å². The van der Waals surface area contributed by atoms with Crippen LogP contribution in [0.25, 0.3) is 10.9 Å². The van der Waals surface area contributed by atoms with Gasteiger partial charge in [-0.1, -0.05) is 31.5 Å². The van der Waals surface area contributed by atoms with Crippen LogP contribution in [0, 0.1) is 6.92 Å². The van der Waals surface area contributed by atoms with E-state index in [0.29, 0.717) is 12.6 Å². The summed E-state index contributed by atoms with van der Waals surface area (Å²) in [5.74, 6) is 0.0853. The molecule has 0 atom stereocenters. The number of fused-ring (bicyclic) bond motifs is 1. The van der Waals surface area contributed by atoms with Crippen molar-refractivity contribution in [1.82, 2.24) is 4.98 Å². The van der Waals surface area contributed by atoms with Crippen LogP contribution in [0.15, 0.2) is 24.3 Å². The van der Waals surface area contributed by atoms with E-state index < -0.39 is 0 Å². The van der Waals surface area contributed by atoms with Crippen LogP contribution < -0.4 is 10.6 Å². The molecule has 3 N–H and O–H groups in total. The summed E-state index contributed by atoms with van der Waals surface area (Å²) in [6, 6.07) is 8.66. The lowest BCUT2D eigenvalue weighted by atomic mass is 9.95. The van der Waals surface area contributed by atoms with Gasteiger partial charge >= 0.3 is 0 Å². The fourth-order valence-electron chi connectivity index (χ4n) is 3.70. The second-order valence-corrected chi connectivity index (χ2v) is 6.82. The van der Waals surface area contributed by atoms with E-state index in [1.165, 1.54) is 32.1 Å². The smallest absolute Gasteiger partial charge is 0.279 e. The summed E-state index contributed by atoms with van der Waals surface area (Å²) in [6.07, 6.45) is 7.30. The molecule has 0 spiro atoms. The number of amides is 1. The zero-order valence-corrected chi connectivity index (χ0v) is 14.8. The fourth-order valence-corrected chi connectivity index (χ4v) is 3.70. The Kier molecular flexibility index (Phi) is 5.46. The molecule has 4 heteroatoms. The molecule has 1 aliphatic rings. The summed E-state index contributed by atoms with van der Waals surface area (Å²) in [5.41, 5.74) is 4.02. The van der Waals surface area contributed by atoms with Crippen molar-refractivity contribution in [1.29, 1.82) is 0 Å². The van der Waals surface area contributed by atoms with Crippen LogP contribution in [-0.4, -0.2) is 23.5 Å². The van der Waals surface area contributed by atoms with Gasteiger partial charge in [-0.3, -0.25) is 9.78 Å². The molecule has 0 saturated heterocycles. The SMILES string of the molecule is CCc1nc2ccccc2c(NC(=O)C[NH2+]C2CCCCC2)c1C. The zero-order chi connectivity index (χ0) is 16.9. The largest absolute Gasteiger partial charge is 0.336 e. The number of nitrogens with one attached hydrogen (secondary N) is 1. The van der Waals surface area contributed by atoms with Crippen LogP contribution in [-0.2, 0) is 11.2 Å². The van der Waals surface area contributed by atoms with Gasteiger partial charge in [-0.05, 0) is 50.7 Å². The van der Waals surface area contributed by atoms with Gasteiger partial charge < -0.3 is 10.6 Å². The number of quaternary nitrogens is 1. The van der Waals surface area contributed by atoms with Crippen LogP contribution in [0.3, 0.4) is 0 Å². The Hall–Kier alpha value is -1.94. The van der Waals surface area contributed by atoms with Crippen molar-refractivity contribution in [3.8, 4) is 0 Å². The summed E-state index contributed by atoms with van der Waals surface area (Å²) in [7, 11) is 0. The third-order valence-corrected chi connectivity index (χ3v) is 5.12. The van der Waals surface area contributed by atoms with Crippen LogP contribution in [0.5, 0.6) is 0 Å². The monoisotopic (exact) mass is 326 g/mol. The average molecular weight is 326 g/mol. The Labute approximate surface area is 144 Å². The van der Waals surface area contributed by atoms with E-state index >= 15 is 0 Å². The number of aryl methyl sites for hydroxylation is 1. The van der Waals surface area contributed by atoms with Gasteiger partial charge in [-0.15, -0.1) is 0 Å². The van der Waals surface area contributed by atoms with Gasteiger partial charge in [0, 0.05) is 11.1 Å². The molecule has 1 amide bonds. The van der Waals surface area contributed by atoms with Crippen molar-refractivity contribution >= 4 is 22.5 Å². The summed E-state index contributed by atoms with van der Waals surface area (Å²) in [6.45, 7) is 4.66. The lowest BCUT2D eigenvalue weighted by Gasteiger charge is -2.20. The zero-order valence-electron chi connectivity index (χ0n) is 14.8. The highest BCUT2D eigenvalue weighted by Gasteiger charge is 2.18. The predicted octanol–water partition coefficient (Wildman–Crippen LogP) is 2.94. The molecule has 2 aromatic rings. The maximum atomic E-state index is 12.5. The maximum absolute atomic E-state index is 12.5. The second-order valence-electron chi connectivity index (χ2n) is 6.82. The highest BCUT2D eigenvalue weighted by Crippen LogP contribution is 2.28. The van der Waals surface area contributed by atoms with Crippen LogP contribution in [0.4, 0.5) is 5.69 Å². The van der Waals surface area contributed by atoms with E-state index in [0.717, 1.165) is 34.3 Å². The molecule has 1 aromatic carbocycles. The minimum absolute atomic E-state index is 0.0853. The number of aromatic nitrogens is 1. The lowest BCUT2D eigenvalue weighted by Crippen LogP contribution is -2.91. The van der Waals surface area contributed by atoms with Gasteiger partial charge in [0.15, 0.2) is 6.54 Å². The van der Waals surface area contributed by atoms with E-state index in [1.54, 1.807) is 0 Å². The number of carbonyl (C=O) groups excluding carboxylic acids is 1. The average Bonchev–Trinajstić information content (AvgIpc) is 2.63. The standard InChI is InChI=1S/C20H27N3O/c1-3-17-14(2)20(16-11-7-8-12-18(16)22-17)23-19(24)13-21-15-9-5-4-6-10-15/h7-8,11-12,15,21H,3-6,9-10,13H2,1-2H3,(H,22,23,24)/p+1. The molecule has 4 nitrogen and oxygen atoms in total. The van der Waals surface area contributed by atoms with E-state index in [2.05, 4.69) is 24.5 Å². The van der Waals surface area contributed by atoms with Crippen molar-refractivity contribution in [2.45, 2.75) is 58.4 Å². The van der Waals surface area contributed by atoms with Crippen molar-refractivity contribution in [2.75, 3.05) is 11.9 Å². The molecule has 1 fully saturated rings. The molecule has 3 rings (SSSR count). The molecule has 0 aliphatic heterocycles. The van der Waals surface area contributed by atoms with Crippen molar-refractivity contribution < 1.29 is 10.1 Å². The molecule has 128 valence electrons. The first kappa shape index (κ1) is 16.9. The van der Waals surface area contributed by atoms with Crippen LogP contribution >= 0.6 is 0 Å². The number of rotatable bonds is 5. The van der Waals surface area contributed by atoms with E-state index in [9.17, 15) is 4.79 Å². The summed E-state index contributed by atoms with van der Waals surface area (Å²) in [5, 5.41) is 6.40. The summed E-state index contributed by atoms with van der Waals surface area (Å²) < 4.78 is 0. The Bertz CT molecular complexity index is 720. The highest BCUT2D eigenvalue weighted by molar-refractivity contribution is 6.02. The molecule has 1 aromatic heterocycles. The summed E-state index contributed by atoms with van der Waals surface area (Å²) >= 11 is 0. The Morgan fingerprint density at radius 2 is 2.00 bits per heavy atom. The lowest BCUT2D eigenvalue weighted by molar-refractivity contribution is -0.681. The molecule has 0 unspecified atom stereocenters. The molecular weight excluding hydrogens is 298 g/mol. The summed E-state index contributed by atoms with van der Waals surface area (Å²) in [4.78, 5) is 17.2. The van der Waals surface area contributed by atoms with Crippen molar-refractivity contribution in [3.63, 3.8) is 0 Å². The molecule has 0 bridgehead atoms. The number of hydrogen-bond acceptors (Lipinski definition) is 2. The van der Waals surface area contributed by atoms with E-state index in [-0.39, 0.29) is 5.91 Å². The number of para-hydroxylation sites is 1. The molecule has 0 radical (unpaired) electrons. The quantitative estimate of drug-likeness (QED) is 0.887. The normalized spacial score (nSPS) is 15.6. The van der Waals surface area contributed by atoms with Gasteiger partial charge in [0.1, 0.15) is 0 Å². The number of nitrogens with zero attached hydrogens (tertiary/aromatic N) is 1. The molecule has 1 heterocycles. The fraction of sp³-hybridized carbons (Fsp3) is 0.500. The predicted molar refractivity (Wildman–Crippen MR) is 98.2 cm³/mol. The Morgan fingerprint density at radius 3 is 2.75 bits per heavy atom. The number of pyridine rings is 1. The van der Waals surface area contributed by atoms with Gasteiger partial charge in [0.05, 0.1) is 17.2 Å². The number of benzene rings is 1. The number of anilines is 1. The molecule has 24 heavy (non-hydrogen) atoms. The first-order chi connectivity index (χ1) is 11.7. The number of carbonyl (C=O) groups is 1. The third-order valence-electron chi connectivity index (χ3n) is 5.12. The number of nitrogens with two attached hydrogens (primary N) is 1. The first-order valence-electron chi connectivity index (χ1n) is 9.20. The minimum atomic E-state index is 0.0853. The molecule has 1 aliphatic carbocycles. The molecular formula is C20H28N3O+. The van der Waals surface area contributed by atoms with Gasteiger partial charge in [-0.2, -0.15) is 0 Å². The Balaban J connectivity index is 1.75. The van der Waals surface area contributed by atoms with Gasteiger partial charge in [-0.25, -0.2) is 0 Å². The van der Waals surface area contributed by atoms with E-state index in [1.807, 2.05) is 24.3 Å². The Morgan fingerprint density at radius 1 is 1.25 bits per heavy atom. The third kappa shape index (κ3) is 3.75. The topological polar surface area (TPSA) is 58.6 Å². The van der Waals surface area contributed by atoms with Crippen LogP contribution in [0.1, 0.15) is 50.3 Å². The molecule has 1 saturated carbocycles. The van der Waals surface area contributed by atoms with Gasteiger partial charge in [0.2, 0.25) is 0 Å². The first-order valence-corrected chi connectivity index (χ1v) is 9.20. The highest BCUT2D eigenvalue weighted by atomic mass is 16.1. The number of hydrogen-bond donors (Lipinski definition) is 2.